The molecule has 6 nitrogen and oxygen atoms in total. The maximum absolute atomic E-state index is 12.9. The predicted molar refractivity (Wildman–Crippen MR) is 91.7 cm³/mol. The summed E-state index contributed by atoms with van der Waals surface area (Å²) in [5.74, 6) is 0. The lowest BCUT2D eigenvalue weighted by Crippen LogP contribution is -2.45. The van der Waals surface area contributed by atoms with E-state index in [4.69, 9.17) is 4.74 Å². The monoisotopic (exact) mass is 335 g/mol. The molecule has 0 bridgehead atoms. The number of aryl methyl sites for hydroxylation is 1. The number of nitrogens with zero attached hydrogens (tertiary/aromatic N) is 2. The third-order valence-corrected chi connectivity index (χ3v) is 4.37. The van der Waals surface area contributed by atoms with Crippen molar-refractivity contribution in [2.45, 2.75) is 13.8 Å². The molecule has 0 atom stereocenters. The van der Waals surface area contributed by atoms with Gasteiger partial charge in [0.15, 0.2) is 16.3 Å². The van der Waals surface area contributed by atoms with E-state index in [0.29, 0.717) is 32.2 Å². The summed E-state index contributed by atoms with van der Waals surface area (Å²) in [5, 5.41) is 12.8. The van der Waals surface area contributed by atoms with Crippen LogP contribution < -0.4 is 15.4 Å². The third-order valence-electron chi connectivity index (χ3n) is 4.37. The summed E-state index contributed by atoms with van der Waals surface area (Å²) in [6.45, 7) is 3.72. The van der Waals surface area contributed by atoms with Crippen LogP contribution in [-0.2, 0) is 4.74 Å². The van der Waals surface area contributed by atoms with Crippen molar-refractivity contribution in [3.63, 3.8) is 0 Å². The molecule has 124 valence electrons. The first-order valence-electron chi connectivity index (χ1n) is 7.94. The average molecular weight is 335 g/mol. The van der Waals surface area contributed by atoms with Gasteiger partial charge in [0.2, 0.25) is 0 Å². The van der Waals surface area contributed by atoms with Crippen LogP contribution in [0.2, 0.25) is 0 Å². The van der Waals surface area contributed by atoms with Gasteiger partial charge in [0.25, 0.3) is 0 Å². The molecule has 0 saturated carbocycles. The predicted octanol–water partition coefficient (Wildman–Crippen LogP) is 1.48. The zero-order valence-electron chi connectivity index (χ0n) is 13.7. The molecule has 0 saturated heterocycles. The Balaban J connectivity index is 2.58. The Kier molecular flexibility index (Phi) is 3.28. The molecule has 0 aromatic heterocycles. The van der Waals surface area contributed by atoms with Gasteiger partial charge in [0.1, 0.15) is 0 Å². The lowest BCUT2D eigenvalue weighted by Gasteiger charge is -2.04. The summed E-state index contributed by atoms with van der Waals surface area (Å²) in [7, 11) is 0. The Morgan fingerprint density at radius 1 is 1.12 bits per heavy atom. The van der Waals surface area contributed by atoms with Crippen LogP contribution in [0.5, 0.6) is 0 Å². The molecule has 1 heterocycles. The van der Waals surface area contributed by atoms with Crippen LogP contribution >= 0.6 is 0 Å². The topological polar surface area (TPSA) is 82.4 Å². The van der Waals surface area contributed by atoms with Crippen LogP contribution in [0.1, 0.15) is 12.5 Å². The first-order chi connectivity index (χ1) is 12.0. The Bertz CT molecular complexity index is 1370. The molecular formula is C19H15N2O4+. The minimum atomic E-state index is -0.655. The van der Waals surface area contributed by atoms with E-state index in [2.05, 4.69) is 4.98 Å². The van der Waals surface area contributed by atoms with Gasteiger partial charge in [-0.15, -0.1) is 0 Å². The number of ether oxygens (including phenoxy) is 1. The quantitative estimate of drug-likeness (QED) is 0.561. The van der Waals surface area contributed by atoms with Gasteiger partial charge in [0, 0.05) is 26.7 Å². The van der Waals surface area contributed by atoms with Crippen molar-refractivity contribution < 1.29 is 14.1 Å². The van der Waals surface area contributed by atoms with Crippen LogP contribution in [0.15, 0.2) is 46.0 Å². The summed E-state index contributed by atoms with van der Waals surface area (Å²) in [6.07, 6.45) is -0.548. The molecule has 1 aliphatic carbocycles. The zero-order valence-corrected chi connectivity index (χ0v) is 13.7. The molecule has 0 unspecified atom stereocenters. The van der Waals surface area contributed by atoms with Crippen molar-refractivity contribution >= 4 is 21.7 Å². The Morgan fingerprint density at radius 2 is 1.84 bits per heavy atom. The summed E-state index contributed by atoms with van der Waals surface area (Å²) in [6, 6.07) is 10.5. The first-order valence-corrected chi connectivity index (χ1v) is 7.94. The van der Waals surface area contributed by atoms with Crippen LogP contribution in [0.4, 0.5) is 0 Å². The fourth-order valence-corrected chi connectivity index (χ4v) is 3.28. The smallest absolute Gasteiger partial charge is 0.449 e. The second kappa shape index (κ2) is 5.37. The number of aromatic nitrogens is 2. The fraction of sp³-hybridized carbons (Fsp3) is 0.158. The van der Waals surface area contributed by atoms with E-state index in [9.17, 15) is 14.7 Å². The summed E-state index contributed by atoms with van der Waals surface area (Å²) < 4.78 is 6.17. The number of hydrogen-bond donors (Lipinski definition) is 1. The fourth-order valence-electron chi connectivity index (χ4n) is 3.28. The molecule has 0 spiro atoms. The van der Waals surface area contributed by atoms with Gasteiger partial charge in [-0.3, -0.25) is 4.79 Å². The first kappa shape index (κ1) is 15.3. The van der Waals surface area contributed by atoms with E-state index in [1.807, 2.05) is 6.92 Å². The Labute approximate surface area is 141 Å². The minimum Gasteiger partial charge on any atom is -0.449 e. The average Bonchev–Trinajstić information content (AvgIpc) is 2.60. The van der Waals surface area contributed by atoms with Gasteiger partial charge in [-0.2, -0.15) is 4.79 Å². The SMILES string of the molecule is CCO/C(O)=[n+]1\c(=O)nc2c(C)ccc3c2=c1c1ccccc1c3=O. The molecule has 6 heteroatoms. The number of hydrogen-bond acceptors (Lipinski definition) is 5. The van der Waals surface area contributed by atoms with E-state index in [0.717, 1.165) is 9.81 Å². The maximum Gasteiger partial charge on any atom is 0.551 e. The summed E-state index contributed by atoms with van der Waals surface area (Å²) in [5.41, 5.74) is 0.460. The highest BCUT2D eigenvalue weighted by Crippen LogP contribution is 2.19. The van der Waals surface area contributed by atoms with Crippen LogP contribution in [-0.4, -0.2) is 16.7 Å². The van der Waals surface area contributed by atoms with Gasteiger partial charge in [-0.05, 0) is 26.0 Å². The van der Waals surface area contributed by atoms with Crippen molar-refractivity contribution in [3.05, 3.63) is 79.3 Å². The molecule has 4 rings (SSSR count). The number of rotatable bonds is 2. The molecule has 1 aliphatic heterocycles. The standard InChI is InChI=1S/C19H14N2O4/c1-3-25-19(24)21-16-11-6-4-5-7-12(11)17(22)13-9-8-10(2)15(14(13)16)20-18(21)23/h4-9H,3H2,1-2H3/p+1. The summed E-state index contributed by atoms with van der Waals surface area (Å²) >= 11 is 0. The van der Waals surface area contributed by atoms with Crippen LogP contribution in [0, 0.1) is 23.6 Å². The van der Waals surface area contributed by atoms with Crippen molar-refractivity contribution in [1.82, 2.24) is 4.98 Å². The largest absolute Gasteiger partial charge is 0.551 e. The highest BCUT2D eigenvalue weighted by Gasteiger charge is 2.22. The summed E-state index contributed by atoms with van der Waals surface area (Å²) in [4.78, 5) is 29.6. The minimum absolute atomic E-state index is 0.129. The molecule has 2 aromatic carbocycles. The molecule has 0 fully saturated rings. The van der Waals surface area contributed by atoms with E-state index >= 15 is 0 Å². The Morgan fingerprint density at radius 3 is 2.56 bits per heavy atom. The van der Waals surface area contributed by atoms with E-state index in [1.165, 1.54) is 0 Å². The second-order valence-electron chi connectivity index (χ2n) is 5.82. The molecule has 1 N–H and O–H groups in total. The van der Waals surface area contributed by atoms with E-state index in [1.54, 1.807) is 43.3 Å². The maximum atomic E-state index is 12.9. The van der Waals surface area contributed by atoms with Crippen molar-refractivity contribution in [3.8, 4) is 0 Å². The van der Waals surface area contributed by atoms with Crippen LogP contribution in [0.3, 0.4) is 0 Å². The van der Waals surface area contributed by atoms with Gasteiger partial charge in [-0.1, -0.05) is 28.5 Å². The molecular weight excluding hydrogens is 320 g/mol. The van der Waals surface area contributed by atoms with Crippen molar-refractivity contribution in [2.75, 3.05) is 6.61 Å². The van der Waals surface area contributed by atoms with Gasteiger partial charge < -0.3 is 9.84 Å². The van der Waals surface area contributed by atoms with E-state index < -0.39 is 11.8 Å². The lowest BCUT2D eigenvalue weighted by molar-refractivity contribution is -0.596. The molecule has 25 heavy (non-hydrogen) atoms. The molecule has 2 aromatic rings. The molecule has 2 aliphatic rings. The Hall–Kier alpha value is -3.28. The van der Waals surface area contributed by atoms with Gasteiger partial charge >= 0.3 is 11.8 Å². The number of aliphatic hydroxyl groups excluding tert-OH is 1. The normalized spacial score (nSPS) is 12.9. The highest BCUT2D eigenvalue weighted by atomic mass is 16.6. The molecule has 0 amide bonds. The van der Waals surface area contributed by atoms with Crippen LogP contribution in [0.25, 0.3) is 21.7 Å². The lowest BCUT2D eigenvalue weighted by atomic mass is 10.0. The van der Waals surface area contributed by atoms with Gasteiger partial charge in [0.05, 0.1) is 11.8 Å². The van der Waals surface area contributed by atoms with E-state index in [-0.39, 0.29) is 12.0 Å². The second-order valence-corrected chi connectivity index (χ2v) is 5.82. The van der Waals surface area contributed by atoms with Crippen molar-refractivity contribution in [1.29, 1.82) is 0 Å². The van der Waals surface area contributed by atoms with Gasteiger partial charge in [-0.25, -0.2) is 0 Å². The highest BCUT2D eigenvalue weighted by molar-refractivity contribution is 5.89. The molecule has 0 radical (unpaired) electrons. The number of benzene rings is 2. The number of fused-ring (bicyclic) bond motifs is 2. The number of aliphatic hydroxyl groups is 1. The third kappa shape index (κ3) is 2.04. The zero-order chi connectivity index (χ0) is 17.7. The van der Waals surface area contributed by atoms with Crippen molar-refractivity contribution in [2.24, 2.45) is 0 Å².